The van der Waals surface area contributed by atoms with E-state index in [1.165, 1.54) is 0 Å². The molecule has 0 atom stereocenters. The van der Waals surface area contributed by atoms with Crippen LogP contribution in [0.4, 0.5) is 13.2 Å². The molecular weight excluding hydrogens is 175 g/mol. The Morgan fingerprint density at radius 2 is 2.33 bits per heavy atom. The van der Waals surface area contributed by atoms with Crippen LogP contribution in [0.15, 0.2) is 4.99 Å². The first-order chi connectivity index (χ1) is 5.58. The molecule has 0 aromatic rings. The quantitative estimate of drug-likeness (QED) is 0.593. The van der Waals surface area contributed by atoms with Gasteiger partial charge in [-0.1, -0.05) is 0 Å². The number of aliphatic imine (C=N–C) groups is 1. The van der Waals surface area contributed by atoms with Gasteiger partial charge in [0.25, 0.3) is 0 Å². The van der Waals surface area contributed by atoms with Crippen molar-refractivity contribution in [2.75, 3.05) is 19.7 Å². The minimum absolute atomic E-state index is 0.249. The van der Waals surface area contributed by atoms with Crippen molar-refractivity contribution in [2.45, 2.75) is 6.18 Å². The number of nitrogens with one attached hydrogen (secondary N) is 2. The Labute approximate surface area is 66.8 Å². The monoisotopic (exact) mass is 183 g/mol. The lowest BCUT2D eigenvalue weighted by Gasteiger charge is -2.08. The van der Waals surface area contributed by atoms with Gasteiger partial charge in [0.15, 0.2) is 6.61 Å². The second kappa shape index (κ2) is 3.61. The number of hydroxylamine groups is 1. The van der Waals surface area contributed by atoms with Crippen molar-refractivity contribution in [2.24, 2.45) is 4.99 Å². The normalized spacial score (nSPS) is 17.1. The predicted octanol–water partition coefficient (Wildman–Crippen LogP) is 0.0291. The molecule has 1 heterocycles. The predicted molar refractivity (Wildman–Crippen MR) is 35.4 cm³/mol. The average Bonchev–Trinajstić information content (AvgIpc) is 2.36. The fourth-order valence-electron chi connectivity index (χ4n) is 0.653. The van der Waals surface area contributed by atoms with E-state index in [1.807, 2.05) is 0 Å². The highest BCUT2D eigenvalue weighted by Gasteiger charge is 2.28. The van der Waals surface area contributed by atoms with E-state index < -0.39 is 12.8 Å². The molecule has 0 aromatic carbocycles. The molecule has 0 fully saturated rings. The fraction of sp³-hybridized carbons (Fsp3) is 0.800. The summed E-state index contributed by atoms with van der Waals surface area (Å²) >= 11 is 0. The van der Waals surface area contributed by atoms with Crippen LogP contribution in [-0.4, -0.2) is 31.8 Å². The SMILES string of the molecule is FC(F)(F)CONC1=NCCN1. The van der Waals surface area contributed by atoms with Gasteiger partial charge in [-0.2, -0.15) is 13.2 Å². The van der Waals surface area contributed by atoms with E-state index in [0.29, 0.717) is 13.1 Å². The number of halogens is 3. The molecule has 0 saturated heterocycles. The number of alkyl halides is 3. The minimum atomic E-state index is -4.31. The fourth-order valence-corrected chi connectivity index (χ4v) is 0.653. The van der Waals surface area contributed by atoms with E-state index >= 15 is 0 Å². The van der Waals surface area contributed by atoms with Crippen LogP contribution in [0.1, 0.15) is 0 Å². The summed E-state index contributed by atoms with van der Waals surface area (Å²) in [5, 5.41) is 2.69. The van der Waals surface area contributed by atoms with Crippen molar-refractivity contribution in [3.63, 3.8) is 0 Å². The van der Waals surface area contributed by atoms with E-state index in [1.54, 1.807) is 0 Å². The molecule has 1 rings (SSSR count). The molecule has 0 radical (unpaired) electrons. The second-order valence-corrected chi connectivity index (χ2v) is 2.16. The van der Waals surface area contributed by atoms with Gasteiger partial charge in [0.05, 0.1) is 6.54 Å². The van der Waals surface area contributed by atoms with Gasteiger partial charge in [-0.3, -0.25) is 4.84 Å². The number of guanidine groups is 1. The molecule has 4 nitrogen and oxygen atoms in total. The lowest BCUT2D eigenvalue weighted by molar-refractivity contribution is -0.182. The van der Waals surface area contributed by atoms with Crippen molar-refractivity contribution in [1.82, 2.24) is 10.8 Å². The molecule has 0 saturated carbocycles. The maximum atomic E-state index is 11.5. The summed E-state index contributed by atoms with van der Waals surface area (Å²) in [5.41, 5.74) is 2.06. The molecule has 1 aliphatic rings. The molecule has 2 N–H and O–H groups in total. The number of hydrogen-bond donors (Lipinski definition) is 2. The molecule has 0 bridgehead atoms. The third-order valence-electron chi connectivity index (χ3n) is 1.08. The zero-order valence-corrected chi connectivity index (χ0v) is 6.11. The molecule has 7 heteroatoms. The molecule has 0 amide bonds. The Morgan fingerprint density at radius 1 is 1.58 bits per heavy atom. The van der Waals surface area contributed by atoms with Gasteiger partial charge in [-0.05, 0) is 0 Å². The third-order valence-corrected chi connectivity index (χ3v) is 1.08. The van der Waals surface area contributed by atoms with Crippen LogP contribution in [0.5, 0.6) is 0 Å². The Kier molecular flexibility index (Phi) is 2.74. The van der Waals surface area contributed by atoms with Crippen LogP contribution in [0.3, 0.4) is 0 Å². The highest BCUT2D eigenvalue weighted by atomic mass is 19.4. The van der Waals surface area contributed by atoms with Gasteiger partial charge >= 0.3 is 6.18 Å². The summed E-state index contributed by atoms with van der Waals surface area (Å²) in [6.07, 6.45) is -4.31. The van der Waals surface area contributed by atoms with Gasteiger partial charge in [-0.25, -0.2) is 10.5 Å². The maximum absolute atomic E-state index is 11.5. The second-order valence-electron chi connectivity index (χ2n) is 2.16. The van der Waals surface area contributed by atoms with Crippen LogP contribution in [0.2, 0.25) is 0 Å². The van der Waals surface area contributed by atoms with E-state index in [9.17, 15) is 13.2 Å². The van der Waals surface area contributed by atoms with Crippen molar-refractivity contribution < 1.29 is 18.0 Å². The van der Waals surface area contributed by atoms with Gasteiger partial charge < -0.3 is 5.32 Å². The molecule has 12 heavy (non-hydrogen) atoms. The first kappa shape index (κ1) is 9.11. The van der Waals surface area contributed by atoms with Crippen LogP contribution in [0, 0.1) is 0 Å². The third kappa shape index (κ3) is 3.42. The molecule has 0 unspecified atom stereocenters. The summed E-state index contributed by atoms with van der Waals surface area (Å²) in [4.78, 5) is 7.87. The van der Waals surface area contributed by atoms with Crippen molar-refractivity contribution >= 4 is 5.96 Å². The summed E-state index contributed by atoms with van der Waals surface area (Å²) in [7, 11) is 0. The first-order valence-electron chi connectivity index (χ1n) is 3.31. The Bertz CT molecular complexity index is 179. The Hall–Kier alpha value is -0.980. The molecule has 0 aromatic heterocycles. The van der Waals surface area contributed by atoms with E-state index in [0.717, 1.165) is 0 Å². The van der Waals surface area contributed by atoms with Gasteiger partial charge in [0.1, 0.15) is 0 Å². The number of nitrogens with zero attached hydrogens (tertiary/aromatic N) is 1. The maximum Gasteiger partial charge on any atom is 0.414 e. The number of hydrogen-bond acceptors (Lipinski definition) is 4. The summed E-state index contributed by atoms with van der Waals surface area (Å²) in [5.74, 6) is 0.249. The number of rotatable bonds is 2. The first-order valence-corrected chi connectivity index (χ1v) is 3.31. The van der Waals surface area contributed by atoms with Crippen LogP contribution < -0.4 is 10.8 Å². The minimum Gasteiger partial charge on any atom is -0.353 e. The van der Waals surface area contributed by atoms with E-state index in [4.69, 9.17) is 0 Å². The summed E-state index contributed by atoms with van der Waals surface area (Å²) in [6, 6.07) is 0. The lowest BCUT2D eigenvalue weighted by Crippen LogP contribution is -2.36. The van der Waals surface area contributed by atoms with Gasteiger partial charge in [0, 0.05) is 6.54 Å². The van der Waals surface area contributed by atoms with Crippen molar-refractivity contribution in [1.29, 1.82) is 0 Å². The zero-order chi connectivity index (χ0) is 9.03. The molecule has 1 aliphatic heterocycles. The molecule has 0 spiro atoms. The Morgan fingerprint density at radius 3 is 2.83 bits per heavy atom. The highest BCUT2D eigenvalue weighted by Crippen LogP contribution is 2.13. The van der Waals surface area contributed by atoms with E-state index in [2.05, 4.69) is 20.6 Å². The van der Waals surface area contributed by atoms with Crippen molar-refractivity contribution in [3.8, 4) is 0 Å². The summed E-state index contributed by atoms with van der Waals surface area (Å²) in [6.45, 7) is -0.150. The topological polar surface area (TPSA) is 45.6 Å². The largest absolute Gasteiger partial charge is 0.414 e. The zero-order valence-electron chi connectivity index (χ0n) is 6.11. The van der Waals surface area contributed by atoms with Crippen LogP contribution in [0.25, 0.3) is 0 Å². The van der Waals surface area contributed by atoms with Gasteiger partial charge in [-0.15, -0.1) is 0 Å². The standard InChI is InChI=1S/C5H8F3N3O/c6-5(7,8)3-12-11-4-9-1-2-10-4/h1-3H2,(H2,9,10,11). The Balaban J connectivity index is 2.10. The van der Waals surface area contributed by atoms with E-state index in [-0.39, 0.29) is 5.96 Å². The average molecular weight is 183 g/mol. The van der Waals surface area contributed by atoms with Crippen molar-refractivity contribution in [3.05, 3.63) is 0 Å². The molecule has 0 aliphatic carbocycles. The molecular formula is C5H8F3N3O. The lowest BCUT2D eigenvalue weighted by atomic mass is 10.7. The summed E-state index contributed by atoms with van der Waals surface area (Å²) < 4.78 is 34.5. The van der Waals surface area contributed by atoms with Crippen LogP contribution >= 0.6 is 0 Å². The molecule has 70 valence electrons. The van der Waals surface area contributed by atoms with Gasteiger partial charge in [0.2, 0.25) is 5.96 Å². The highest BCUT2D eigenvalue weighted by molar-refractivity contribution is 5.80. The smallest absolute Gasteiger partial charge is 0.353 e. The van der Waals surface area contributed by atoms with Crippen LogP contribution in [-0.2, 0) is 4.84 Å².